The number of nitrogens with one attached hydrogen (secondary N) is 1. The summed E-state index contributed by atoms with van der Waals surface area (Å²) >= 11 is 0. The molecule has 0 aliphatic rings. The Kier molecular flexibility index (Phi) is 4.53. The monoisotopic (exact) mass is 355 g/mol. The van der Waals surface area contributed by atoms with E-state index in [9.17, 15) is 19.2 Å². The fourth-order valence-corrected chi connectivity index (χ4v) is 2.57. The number of nitrogens with zero attached hydrogens (tertiary/aromatic N) is 4. The summed E-state index contributed by atoms with van der Waals surface area (Å²) in [6, 6.07) is 8.16. The summed E-state index contributed by atoms with van der Waals surface area (Å²) in [7, 11) is 2.90. The van der Waals surface area contributed by atoms with Gasteiger partial charge >= 0.3 is 5.69 Å². The lowest BCUT2D eigenvalue weighted by atomic mass is 10.2. The highest BCUT2D eigenvalue weighted by Gasteiger charge is 2.10. The predicted octanol–water partition coefficient (Wildman–Crippen LogP) is -0.890. The summed E-state index contributed by atoms with van der Waals surface area (Å²) < 4.78 is 3.47. The van der Waals surface area contributed by atoms with Crippen LogP contribution in [0.5, 0.6) is 0 Å². The summed E-state index contributed by atoms with van der Waals surface area (Å²) in [6.45, 7) is -0.216. The Morgan fingerprint density at radius 1 is 1.12 bits per heavy atom. The topological polar surface area (TPSA) is 108 Å². The number of carbonyl (C=O) groups is 1. The van der Waals surface area contributed by atoms with Gasteiger partial charge in [-0.15, -0.1) is 0 Å². The quantitative estimate of drug-likeness (QED) is 0.653. The van der Waals surface area contributed by atoms with Crippen LogP contribution in [0.4, 0.5) is 0 Å². The van der Waals surface area contributed by atoms with Gasteiger partial charge in [0.15, 0.2) is 0 Å². The van der Waals surface area contributed by atoms with Crippen molar-refractivity contribution >= 4 is 16.8 Å². The number of aromatic nitrogens is 4. The molecule has 1 aromatic carbocycles. The minimum Gasteiger partial charge on any atom is -0.349 e. The molecule has 0 unspecified atom stereocenters. The first-order chi connectivity index (χ1) is 12.4. The number of hydrogen-bond donors (Lipinski definition) is 1. The fraction of sp³-hybridized carbons (Fsp3) is 0.235. The SMILES string of the molecule is Cn1c(CNC(=O)Cn2cnc3ccccc3c2=O)cc(=O)n(C)c1=O. The minimum absolute atomic E-state index is 0.00356. The van der Waals surface area contributed by atoms with Crippen molar-refractivity contribution in [1.82, 2.24) is 24.0 Å². The number of fused-ring (bicyclic) bond motifs is 1. The average molecular weight is 355 g/mol. The van der Waals surface area contributed by atoms with Crippen LogP contribution in [0.25, 0.3) is 10.9 Å². The molecule has 2 heterocycles. The van der Waals surface area contributed by atoms with Crippen LogP contribution in [0.15, 0.2) is 51.0 Å². The average Bonchev–Trinajstić information content (AvgIpc) is 2.64. The first kappa shape index (κ1) is 17.3. The largest absolute Gasteiger partial charge is 0.349 e. The normalized spacial score (nSPS) is 10.8. The molecule has 0 saturated heterocycles. The molecule has 0 spiro atoms. The summed E-state index contributed by atoms with van der Waals surface area (Å²) in [5.41, 5.74) is -0.310. The lowest BCUT2D eigenvalue weighted by Crippen LogP contribution is -2.40. The van der Waals surface area contributed by atoms with E-state index in [1.54, 1.807) is 24.3 Å². The van der Waals surface area contributed by atoms with E-state index in [1.807, 2.05) is 0 Å². The van der Waals surface area contributed by atoms with Gasteiger partial charge in [0.05, 0.1) is 23.8 Å². The van der Waals surface area contributed by atoms with Gasteiger partial charge < -0.3 is 5.32 Å². The first-order valence-electron chi connectivity index (χ1n) is 7.85. The molecule has 26 heavy (non-hydrogen) atoms. The Morgan fingerprint density at radius 3 is 2.62 bits per heavy atom. The highest BCUT2D eigenvalue weighted by atomic mass is 16.2. The molecular formula is C17H17N5O4. The van der Waals surface area contributed by atoms with Gasteiger partial charge in [-0.05, 0) is 12.1 Å². The van der Waals surface area contributed by atoms with Crippen molar-refractivity contribution in [3.8, 4) is 0 Å². The second-order valence-corrected chi connectivity index (χ2v) is 5.85. The van der Waals surface area contributed by atoms with E-state index in [1.165, 1.54) is 35.6 Å². The maximum absolute atomic E-state index is 12.4. The zero-order chi connectivity index (χ0) is 18.8. The number of para-hydroxylation sites is 1. The molecule has 0 aliphatic carbocycles. The van der Waals surface area contributed by atoms with Crippen LogP contribution >= 0.6 is 0 Å². The van der Waals surface area contributed by atoms with E-state index < -0.39 is 17.2 Å². The van der Waals surface area contributed by atoms with Gasteiger partial charge in [-0.1, -0.05) is 12.1 Å². The molecule has 3 rings (SSSR count). The van der Waals surface area contributed by atoms with Gasteiger partial charge in [0, 0.05) is 25.9 Å². The first-order valence-corrected chi connectivity index (χ1v) is 7.85. The standard InChI is InChI=1S/C17H17N5O4/c1-20-11(7-15(24)21(2)17(20)26)8-18-14(23)9-22-10-19-13-6-4-3-5-12(13)16(22)25/h3-7,10H,8-9H2,1-2H3,(H,18,23). The smallest absolute Gasteiger partial charge is 0.330 e. The lowest BCUT2D eigenvalue weighted by molar-refractivity contribution is -0.121. The van der Waals surface area contributed by atoms with Gasteiger partial charge in [-0.25, -0.2) is 9.78 Å². The summed E-state index contributed by atoms with van der Waals surface area (Å²) in [4.78, 5) is 52.3. The van der Waals surface area contributed by atoms with E-state index in [2.05, 4.69) is 10.3 Å². The summed E-state index contributed by atoms with van der Waals surface area (Å²) in [5, 5.41) is 3.03. The van der Waals surface area contributed by atoms with Crippen LogP contribution in [0.1, 0.15) is 5.69 Å². The van der Waals surface area contributed by atoms with E-state index in [4.69, 9.17) is 0 Å². The molecule has 0 saturated carbocycles. The predicted molar refractivity (Wildman–Crippen MR) is 94.8 cm³/mol. The van der Waals surface area contributed by atoms with Crippen molar-refractivity contribution in [1.29, 1.82) is 0 Å². The zero-order valence-electron chi connectivity index (χ0n) is 14.3. The molecule has 1 N–H and O–H groups in total. The third-order valence-corrected chi connectivity index (χ3v) is 4.14. The molecular weight excluding hydrogens is 338 g/mol. The molecule has 1 amide bonds. The maximum atomic E-state index is 12.4. The summed E-state index contributed by atoms with van der Waals surface area (Å²) in [6.07, 6.45) is 1.32. The van der Waals surface area contributed by atoms with Crippen molar-refractivity contribution in [3.05, 3.63) is 73.5 Å². The molecule has 3 aromatic rings. The third kappa shape index (κ3) is 3.18. The van der Waals surface area contributed by atoms with Gasteiger partial charge in [0.1, 0.15) is 6.54 Å². The maximum Gasteiger partial charge on any atom is 0.330 e. The Hall–Kier alpha value is -3.49. The molecule has 9 nitrogen and oxygen atoms in total. The van der Waals surface area contributed by atoms with Gasteiger partial charge in [0.25, 0.3) is 11.1 Å². The van der Waals surface area contributed by atoms with Crippen LogP contribution in [-0.4, -0.2) is 24.6 Å². The highest BCUT2D eigenvalue weighted by Crippen LogP contribution is 2.04. The Morgan fingerprint density at radius 2 is 1.85 bits per heavy atom. The fourth-order valence-electron chi connectivity index (χ4n) is 2.57. The highest BCUT2D eigenvalue weighted by molar-refractivity contribution is 5.78. The lowest BCUT2D eigenvalue weighted by Gasteiger charge is -2.11. The third-order valence-electron chi connectivity index (χ3n) is 4.14. The second-order valence-electron chi connectivity index (χ2n) is 5.85. The van der Waals surface area contributed by atoms with Crippen LogP contribution in [-0.2, 0) is 32.0 Å². The van der Waals surface area contributed by atoms with Crippen molar-refractivity contribution in [2.45, 2.75) is 13.1 Å². The number of rotatable bonds is 4. The Balaban J connectivity index is 1.77. The van der Waals surface area contributed by atoms with E-state index in [-0.39, 0.29) is 18.6 Å². The van der Waals surface area contributed by atoms with Gasteiger partial charge in [-0.3, -0.25) is 28.1 Å². The number of benzene rings is 1. The van der Waals surface area contributed by atoms with Crippen molar-refractivity contribution in [2.75, 3.05) is 0 Å². The molecule has 2 aromatic heterocycles. The molecule has 0 bridgehead atoms. The van der Waals surface area contributed by atoms with Crippen LogP contribution < -0.4 is 22.1 Å². The summed E-state index contributed by atoms with van der Waals surface area (Å²) in [5.74, 6) is -0.433. The molecule has 0 atom stereocenters. The van der Waals surface area contributed by atoms with E-state index in [0.717, 1.165) is 4.57 Å². The molecule has 134 valence electrons. The second kappa shape index (κ2) is 6.79. The molecule has 0 aliphatic heterocycles. The van der Waals surface area contributed by atoms with Crippen LogP contribution in [0.2, 0.25) is 0 Å². The molecule has 0 radical (unpaired) electrons. The zero-order valence-corrected chi connectivity index (χ0v) is 14.3. The van der Waals surface area contributed by atoms with Crippen molar-refractivity contribution in [2.24, 2.45) is 14.1 Å². The Labute approximate surface area is 147 Å². The number of amides is 1. The van der Waals surface area contributed by atoms with Crippen LogP contribution in [0.3, 0.4) is 0 Å². The molecule has 0 fully saturated rings. The van der Waals surface area contributed by atoms with E-state index >= 15 is 0 Å². The van der Waals surface area contributed by atoms with Gasteiger partial charge in [0.2, 0.25) is 5.91 Å². The van der Waals surface area contributed by atoms with Crippen LogP contribution in [0, 0.1) is 0 Å². The van der Waals surface area contributed by atoms with Crippen molar-refractivity contribution in [3.63, 3.8) is 0 Å². The number of hydrogen-bond acceptors (Lipinski definition) is 5. The van der Waals surface area contributed by atoms with Crippen molar-refractivity contribution < 1.29 is 4.79 Å². The number of carbonyl (C=O) groups excluding carboxylic acids is 1. The minimum atomic E-state index is -0.475. The van der Waals surface area contributed by atoms with E-state index in [0.29, 0.717) is 16.6 Å². The molecule has 9 heteroatoms. The Bertz CT molecular complexity index is 1170. The van der Waals surface area contributed by atoms with Gasteiger partial charge in [-0.2, -0.15) is 0 Å².